The molecule has 1 atom stereocenters. The molecule has 0 bridgehead atoms. The maximum atomic E-state index is 13.3. The summed E-state index contributed by atoms with van der Waals surface area (Å²) in [6, 6.07) is 7.27. The normalized spacial score (nSPS) is 14.1. The molecule has 0 aliphatic carbocycles. The second kappa shape index (κ2) is 5.67. The van der Waals surface area contributed by atoms with Gasteiger partial charge in [-0.25, -0.2) is 8.78 Å². The van der Waals surface area contributed by atoms with Crippen LogP contribution in [0.25, 0.3) is 0 Å². The van der Waals surface area contributed by atoms with Gasteiger partial charge in [-0.15, -0.1) is 0 Å². The Bertz CT molecular complexity index is 572. The van der Waals surface area contributed by atoms with E-state index in [1.807, 2.05) is 12.1 Å². The van der Waals surface area contributed by atoms with Crippen LogP contribution in [0.15, 0.2) is 36.5 Å². The van der Waals surface area contributed by atoms with E-state index in [2.05, 4.69) is 11.9 Å². The van der Waals surface area contributed by atoms with Crippen LogP contribution in [0, 0.1) is 11.6 Å². The maximum absolute atomic E-state index is 13.3. The van der Waals surface area contributed by atoms with Crippen molar-refractivity contribution in [2.24, 2.45) is 5.73 Å². The summed E-state index contributed by atoms with van der Waals surface area (Å²) in [5, 5.41) is 0. The molecule has 2 nitrogen and oxygen atoms in total. The number of nitrogens with zero attached hydrogens (tertiary/aromatic N) is 1. The van der Waals surface area contributed by atoms with E-state index in [-0.39, 0.29) is 0 Å². The zero-order valence-corrected chi connectivity index (χ0v) is 11.7. The van der Waals surface area contributed by atoms with Crippen molar-refractivity contribution in [2.75, 3.05) is 0 Å². The predicted molar refractivity (Wildman–Crippen MR) is 75.2 cm³/mol. The summed E-state index contributed by atoms with van der Waals surface area (Å²) in [6.07, 6.45) is 3.14. The summed E-state index contributed by atoms with van der Waals surface area (Å²) in [5.41, 5.74) is 7.71. The van der Waals surface area contributed by atoms with Gasteiger partial charge in [0.1, 0.15) is 11.6 Å². The van der Waals surface area contributed by atoms with Gasteiger partial charge < -0.3 is 5.73 Å². The van der Waals surface area contributed by atoms with E-state index in [0.29, 0.717) is 12.0 Å². The fourth-order valence-electron chi connectivity index (χ4n) is 2.13. The van der Waals surface area contributed by atoms with Gasteiger partial charge in [-0.05, 0) is 42.7 Å². The second-order valence-electron chi connectivity index (χ2n) is 5.26. The van der Waals surface area contributed by atoms with Crippen LogP contribution in [0.4, 0.5) is 8.78 Å². The van der Waals surface area contributed by atoms with Gasteiger partial charge in [0.2, 0.25) is 0 Å². The van der Waals surface area contributed by atoms with Crippen molar-refractivity contribution in [2.45, 2.75) is 32.2 Å². The van der Waals surface area contributed by atoms with Gasteiger partial charge in [0, 0.05) is 29.9 Å². The minimum Gasteiger partial charge on any atom is -0.321 e. The lowest BCUT2D eigenvalue weighted by atomic mass is 9.88. The first kappa shape index (κ1) is 14.6. The van der Waals surface area contributed by atoms with Gasteiger partial charge in [0.25, 0.3) is 0 Å². The van der Waals surface area contributed by atoms with E-state index >= 15 is 0 Å². The van der Waals surface area contributed by atoms with Gasteiger partial charge in [-0.1, -0.05) is 13.0 Å². The molecule has 4 heteroatoms. The van der Waals surface area contributed by atoms with Crippen molar-refractivity contribution in [3.8, 4) is 0 Å². The molecule has 0 saturated carbocycles. The van der Waals surface area contributed by atoms with Crippen molar-refractivity contribution < 1.29 is 8.78 Å². The summed E-state index contributed by atoms with van der Waals surface area (Å²) in [7, 11) is 0. The molecule has 0 fully saturated rings. The van der Waals surface area contributed by atoms with Crippen LogP contribution in [-0.2, 0) is 18.4 Å². The second-order valence-corrected chi connectivity index (χ2v) is 5.26. The fourth-order valence-corrected chi connectivity index (χ4v) is 2.13. The Hall–Kier alpha value is -1.81. The molecule has 1 aromatic carbocycles. The van der Waals surface area contributed by atoms with Crippen LogP contribution in [0.2, 0.25) is 0 Å². The third-order valence-electron chi connectivity index (χ3n) is 3.36. The number of benzene rings is 1. The Balaban J connectivity index is 2.24. The van der Waals surface area contributed by atoms with Gasteiger partial charge in [-0.2, -0.15) is 0 Å². The first-order chi connectivity index (χ1) is 9.40. The van der Waals surface area contributed by atoms with Gasteiger partial charge >= 0.3 is 0 Å². The first-order valence-corrected chi connectivity index (χ1v) is 6.60. The van der Waals surface area contributed by atoms with Crippen molar-refractivity contribution >= 4 is 0 Å². The molecule has 0 spiro atoms. The Morgan fingerprint density at radius 2 is 1.80 bits per heavy atom. The number of rotatable bonds is 4. The van der Waals surface area contributed by atoms with E-state index in [4.69, 9.17) is 5.73 Å². The molecule has 1 unspecified atom stereocenters. The van der Waals surface area contributed by atoms with E-state index < -0.39 is 17.2 Å². The standard InChI is InChI=1S/C16H18F2N2/c1-3-11-4-5-15(20-10-11)9-16(2,19)12-6-13(17)8-14(18)7-12/h4-8,10H,3,9,19H2,1-2H3. The zero-order chi connectivity index (χ0) is 14.8. The van der Waals surface area contributed by atoms with Crippen molar-refractivity contribution in [1.82, 2.24) is 4.98 Å². The average Bonchev–Trinajstić information content (AvgIpc) is 2.38. The van der Waals surface area contributed by atoms with Crippen molar-refractivity contribution in [3.63, 3.8) is 0 Å². The summed E-state index contributed by atoms with van der Waals surface area (Å²) < 4.78 is 26.6. The minimum atomic E-state index is -0.871. The molecule has 0 aliphatic rings. The third-order valence-corrected chi connectivity index (χ3v) is 3.36. The van der Waals surface area contributed by atoms with E-state index in [1.165, 1.54) is 12.1 Å². The quantitative estimate of drug-likeness (QED) is 0.930. The average molecular weight is 276 g/mol. The molecule has 2 rings (SSSR count). The monoisotopic (exact) mass is 276 g/mol. The maximum Gasteiger partial charge on any atom is 0.126 e. The smallest absolute Gasteiger partial charge is 0.126 e. The van der Waals surface area contributed by atoms with Gasteiger partial charge in [-0.3, -0.25) is 4.98 Å². The number of hydrogen-bond donors (Lipinski definition) is 1. The number of aromatic nitrogens is 1. The highest BCUT2D eigenvalue weighted by atomic mass is 19.1. The number of nitrogens with two attached hydrogens (primary N) is 1. The third kappa shape index (κ3) is 3.39. The Labute approximate surface area is 117 Å². The molecular formula is C16H18F2N2. The zero-order valence-electron chi connectivity index (χ0n) is 11.7. The molecule has 1 heterocycles. The Morgan fingerprint density at radius 3 is 2.30 bits per heavy atom. The van der Waals surface area contributed by atoms with E-state index in [9.17, 15) is 8.78 Å². The van der Waals surface area contributed by atoms with Crippen LogP contribution in [-0.4, -0.2) is 4.98 Å². The van der Waals surface area contributed by atoms with Crippen LogP contribution in [0.5, 0.6) is 0 Å². The van der Waals surface area contributed by atoms with Crippen molar-refractivity contribution in [1.29, 1.82) is 0 Å². The molecule has 1 aromatic heterocycles. The van der Waals surface area contributed by atoms with Gasteiger partial charge in [0.05, 0.1) is 0 Å². The number of pyridine rings is 1. The number of hydrogen-bond acceptors (Lipinski definition) is 2. The highest BCUT2D eigenvalue weighted by molar-refractivity contribution is 5.27. The van der Waals surface area contributed by atoms with Crippen molar-refractivity contribution in [3.05, 3.63) is 65.0 Å². The largest absolute Gasteiger partial charge is 0.321 e. The van der Waals surface area contributed by atoms with Gasteiger partial charge in [0.15, 0.2) is 0 Å². The lowest BCUT2D eigenvalue weighted by molar-refractivity contribution is 0.473. The summed E-state index contributed by atoms with van der Waals surface area (Å²) >= 11 is 0. The molecule has 106 valence electrons. The lowest BCUT2D eigenvalue weighted by Gasteiger charge is -2.25. The Morgan fingerprint density at radius 1 is 1.15 bits per heavy atom. The van der Waals surface area contributed by atoms with Crippen LogP contribution < -0.4 is 5.73 Å². The van der Waals surface area contributed by atoms with E-state index in [1.54, 1.807) is 13.1 Å². The number of halogens is 2. The topological polar surface area (TPSA) is 38.9 Å². The first-order valence-electron chi connectivity index (χ1n) is 6.60. The van der Waals surface area contributed by atoms with E-state index in [0.717, 1.165) is 23.7 Å². The summed E-state index contributed by atoms with van der Waals surface area (Å²) in [4.78, 5) is 4.34. The molecule has 0 amide bonds. The SMILES string of the molecule is CCc1ccc(CC(C)(N)c2cc(F)cc(F)c2)nc1. The molecule has 2 N–H and O–H groups in total. The highest BCUT2D eigenvalue weighted by Crippen LogP contribution is 2.24. The summed E-state index contributed by atoms with van der Waals surface area (Å²) in [6.45, 7) is 3.80. The Kier molecular flexibility index (Phi) is 4.14. The van der Waals surface area contributed by atoms with Crippen LogP contribution in [0.3, 0.4) is 0 Å². The molecule has 0 saturated heterocycles. The van der Waals surface area contributed by atoms with Crippen LogP contribution >= 0.6 is 0 Å². The minimum absolute atomic E-state index is 0.417. The molecule has 2 aromatic rings. The lowest BCUT2D eigenvalue weighted by Crippen LogP contribution is -2.36. The van der Waals surface area contributed by atoms with Crippen LogP contribution in [0.1, 0.15) is 30.7 Å². The molecule has 0 radical (unpaired) electrons. The molecule has 0 aliphatic heterocycles. The molecule has 20 heavy (non-hydrogen) atoms. The number of aryl methyl sites for hydroxylation is 1. The highest BCUT2D eigenvalue weighted by Gasteiger charge is 2.23. The predicted octanol–water partition coefficient (Wildman–Crippen LogP) is 3.34. The fraction of sp³-hybridized carbons (Fsp3) is 0.312. The molecular weight excluding hydrogens is 258 g/mol. The summed E-state index contributed by atoms with van der Waals surface area (Å²) in [5.74, 6) is -1.24.